The fourth-order valence-electron chi connectivity index (χ4n) is 4.83. The van der Waals surface area contributed by atoms with Gasteiger partial charge in [0.2, 0.25) is 0 Å². The van der Waals surface area contributed by atoms with Crippen molar-refractivity contribution in [3.8, 4) is 0 Å². The summed E-state index contributed by atoms with van der Waals surface area (Å²) in [6.45, 7) is 4.94. The van der Waals surface area contributed by atoms with E-state index in [2.05, 4.69) is 20.3 Å². The molecule has 6 atom stereocenters. The predicted molar refractivity (Wildman–Crippen MR) is 82.4 cm³/mol. The van der Waals surface area contributed by atoms with Crippen LogP contribution in [0.3, 0.4) is 0 Å². The van der Waals surface area contributed by atoms with Crippen LogP contribution in [-0.4, -0.2) is 0 Å². The van der Waals surface area contributed by atoms with Crippen molar-refractivity contribution in [1.82, 2.24) is 0 Å². The zero-order chi connectivity index (χ0) is 13.1. The van der Waals surface area contributed by atoms with E-state index in [4.69, 9.17) is 17.0 Å². The monoisotopic (exact) mass is 380 g/mol. The number of rotatable bonds is 0. The summed E-state index contributed by atoms with van der Waals surface area (Å²) in [4.78, 5) is 0. The van der Waals surface area contributed by atoms with Gasteiger partial charge in [-0.15, -0.1) is 0 Å². The summed E-state index contributed by atoms with van der Waals surface area (Å²) in [5.41, 5.74) is 0. The second-order valence-corrected chi connectivity index (χ2v) is 10.2. The van der Waals surface area contributed by atoms with Crippen molar-refractivity contribution in [2.45, 2.75) is 52.4 Å². The summed E-state index contributed by atoms with van der Waals surface area (Å²) in [6, 6.07) is 0. The molecule has 0 saturated heterocycles. The van der Waals surface area contributed by atoms with Crippen LogP contribution in [0.4, 0.5) is 0 Å². The van der Waals surface area contributed by atoms with E-state index in [1.807, 2.05) is 0 Å². The molecule has 3 saturated carbocycles. The van der Waals surface area contributed by atoms with Gasteiger partial charge in [-0.3, -0.25) is 0 Å². The first-order valence-corrected chi connectivity index (χ1v) is 13.8. The number of hydrogen-bond donors (Lipinski definition) is 0. The van der Waals surface area contributed by atoms with Crippen molar-refractivity contribution in [3.63, 3.8) is 0 Å². The summed E-state index contributed by atoms with van der Waals surface area (Å²) in [7, 11) is 9.87. The predicted octanol–water partition coefficient (Wildman–Crippen LogP) is 6.14. The molecule has 19 heavy (non-hydrogen) atoms. The van der Waals surface area contributed by atoms with E-state index in [1.165, 1.54) is 19.3 Å². The molecule has 3 heteroatoms. The topological polar surface area (TPSA) is 0 Å². The maximum atomic E-state index is 4.93. The Labute approximate surface area is 139 Å². The van der Waals surface area contributed by atoms with Gasteiger partial charge in [0, 0.05) is 0 Å². The van der Waals surface area contributed by atoms with E-state index in [0.717, 1.165) is 35.5 Å². The molecule has 6 unspecified atom stereocenters. The molecular formula is C16H28Cl2Zr. The molecule has 0 aromatic heterocycles. The molecule has 3 aliphatic rings. The van der Waals surface area contributed by atoms with Crippen molar-refractivity contribution in [3.05, 3.63) is 13.8 Å². The van der Waals surface area contributed by atoms with Crippen LogP contribution in [0.5, 0.6) is 0 Å². The van der Waals surface area contributed by atoms with Crippen LogP contribution >= 0.6 is 17.0 Å². The van der Waals surface area contributed by atoms with Crippen LogP contribution in [0.2, 0.25) is 0 Å². The van der Waals surface area contributed by atoms with Crippen LogP contribution in [0.15, 0.2) is 0 Å². The average molecular weight is 383 g/mol. The van der Waals surface area contributed by atoms with E-state index in [1.54, 1.807) is 19.3 Å². The van der Waals surface area contributed by atoms with E-state index in [9.17, 15) is 0 Å². The summed E-state index contributed by atoms with van der Waals surface area (Å²) in [5, 5.41) is 0. The summed E-state index contributed by atoms with van der Waals surface area (Å²) < 4.78 is 0. The Morgan fingerprint density at radius 1 is 0.947 bits per heavy atom. The standard InChI is InChI=1S/C15H25.CH3.2ClH.Zr/c1-10-9-15-13(11(10)2)8-7-12-5-3-4-6-14(12)15;;;;/h9-15H,3-8H2,1-2H3;1H3;2*1H;/q2*-1;;;+4/p-2. The SMILES string of the molecule is CC1[CH-]C2C3CCCCC3CCC2C1C.[CH3-].[Cl][Zr+2][Cl]. The first-order chi connectivity index (χ1) is 8.69. The fraction of sp³-hybridized carbons (Fsp3) is 0.875. The molecule has 0 N–H and O–H groups in total. The van der Waals surface area contributed by atoms with Gasteiger partial charge in [0.05, 0.1) is 0 Å². The van der Waals surface area contributed by atoms with Crippen molar-refractivity contribution in [2.75, 3.05) is 0 Å². The van der Waals surface area contributed by atoms with Gasteiger partial charge in [0.15, 0.2) is 0 Å². The minimum absolute atomic E-state index is 0. The molecule has 0 aromatic carbocycles. The van der Waals surface area contributed by atoms with E-state index in [-0.39, 0.29) is 7.43 Å². The third-order valence-corrected chi connectivity index (χ3v) is 5.86. The average Bonchev–Trinajstić information content (AvgIpc) is 2.67. The number of halogens is 2. The van der Waals surface area contributed by atoms with E-state index < -0.39 is 20.8 Å². The van der Waals surface area contributed by atoms with E-state index >= 15 is 0 Å². The van der Waals surface area contributed by atoms with Gasteiger partial charge in [-0.2, -0.15) is 11.8 Å². The van der Waals surface area contributed by atoms with Crippen LogP contribution in [-0.2, 0) is 20.8 Å². The molecular weight excluding hydrogens is 354 g/mol. The molecule has 0 spiro atoms. The third kappa shape index (κ3) is 4.23. The minimum atomic E-state index is -0.826. The van der Waals surface area contributed by atoms with Crippen LogP contribution in [0, 0.1) is 49.4 Å². The third-order valence-electron chi connectivity index (χ3n) is 5.86. The van der Waals surface area contributed by atoms with Gasteiger partial charge in [-0.1, -0.05) is 70.1 Å². The normalized spacial score (nSPS) is 43.8. The summed E-state index contributed by atoms with van der Waals surface area (Å²) in [5.74, 6) is 6.12. The molecule has 0 aliphatic heterocycles. The zero-order valence-corrected chi connectivity index (χ0v) is 16.5. The first kappa shape index (κ1) is 18.5. The first-order valence-electron chi connectivity index (χ1n) is 7.50. The van der Waals surface area contributed by atoms with Crippen molar-refractivity contribution >= 4 is 17.0 Å². The molecule has 3 fully saturated rings. The fourth-order valence-corrected chi connectivity index (χ4v) is 4.83. The quantitative estimate of drug-likeness (QED) is 0.442. The number of fused-ring (bicyclic) bond motifs is 3. The molecule has 0 radical (unpaired) electrons. The van der Waals surface area contributed by atoms with Crippen LogP contribution < -0.4 is 0 Å². The van der Waals surface area contributed by atoms with Gasteiger partial charge in [-0.05, 0) is 5.92 Å². The van der Waals surface area contributed by atoms with Gasteiger partial charge in [0.1, 0.15) is 0 Å². The molecule has 0 bridgehead atoms. The van der Waals surface area contributed by atoms with Crippen molar-refractivity contribution in [1.29, 1.82) is 0 Å². The molecule has 0 nitrogen and oxygen atoms in total. The Hall–Kier alpha value is 1.46. The Bertz CT molecular complexity index is 259. The van der Waals surface area contributed by atoms with Crippen molar-refractivity contribution < 1.29 is 20.8 Å². The summed E-state index contributed by atoms with van der Waals surface area (Å²) >= 11 is -0.826. The van der Waals surface area contributed by atoms with Crippen LogP contribution in [0.1, 0.15) is 52.4 Å². The van der Waals surface area contributed by atoms with E-state index in [0.29, 0.717) is 0 Å². The van der Waals surface area contributed by atoms with Gasteiger partial charge < -0.3 is 13.8 Å². The second-order valence-electron chi connectivity index (χ2n) is 6.51. The van der Waals surface area contributed by atoms with Gasteiger partial charge in [0.25, 0.3) is 0 Å². The molecule has 0 aromatic rings. The number of hydrogen-bond acceptors (Lipinski definition) is 0. The molecule has 110 valence electrons. The zero-order valence-electron chi connectivity index (χ0n) is 12.5. The van der Waals surface area contributed by atoms with Crippen LogP contribution in [0.25, 0.3) is 0 Å². The van der Waals surface area contributed by atoms with Gasteiger partial charge in [-0.25, -0.2) is 0 Å². The Balaban J connectivity index is 0.000000416. The molecule has 0 heterocycles. The van der Waals surface area contributed by atoms with Gasteiger partial charge >= 0.3 is 37.9 Å². The Kier molecular flexibility index (Phi) is 8.57. The Morgan fingerprint density at radius 2 is 1.58 bits per heavy atom. The summed E-state index contributed by atoms with van der Waals surface area (Å²) in [6.07, 6.45) is 11.9. The maximum absolute atomic E-state index is 4.93. The Morgan fingerprint density at radius 3 is 2.26 bits per heavy atom. The molecule has 3 aliphatic carbocycles. The second kappa shape index (κ2) is 8.80. The molecule has 3 rings (SSSR count). The molecule has 0 amide bonds. The van der Waals surface area contributed by atoms with Crippen molar-refractivity contribution in [2.24, 2.45) is 35.5 Å².